The van der Waals surface area contributed by atoms with Crippen molar-refractivity contribution >= 4 is 34.7 Å². The molecule has 0 amide bonds. The predicted molar refractivity (Wildman–Crippen MR) is 44.5 cm³/mol. The fourth-order valence-electron chi connectivity index (χ4n) is 0.484. The Morgan fingerprint density at radius 1 is 1.11 bits per heavy atom. The minimum absolute atomic E-state index is 0. The summed E-state index contributed by atoms with van der Waals surface area (Å²) in [5, 5.41) is 0.761. The van der Waals surface area contributed by atoms with Crippen LogP contribution in [-0.2, 0) is 0 Å². The Kier molecular flexibility index (Phi) is 4.28. The monoisotopic (exact) mass is 151 g/mol. The maximum atomic E-state index is 5.58. The summed E-state index contributed by atoms with van der Waals surface area (Å²) < 4.78 is 0. The standard InChI is InChI=1S/C7H6Cl.Mg.2H/c1-6-2-4-7(8)5-3-6;;;/h2-5H,1H2;;;. The summed E-state index contributed by atoms with van der Waals surface area (Å²) in [6, 6.07) is 7.40. The first-order valence-electron chi connectivity index (χ1n) is 2.36. The van der Waals surface area contributed by atoms with E-state index in [0.29, 0.717) is 0 Å². The number of benzene rings is 1. The molecule has 9 heavy (non-hydrogen) atoms. The Balaban J connectivity index is 0.000000640. The van der Waals surface area contributed by atoms with Gasteiger partial charge < -0.3 is 0 Å². The highest BCUT2D eigenvalue weighted by Gasteiger charge is 1.82. The molecule has 0 nitrogen and oxygen atoms in total. The molecule has 45 valence electrons. The highest BCUT2D eigenvalue weighted by molar-refractivity contribution is 6.30. The van der Waals surface area contributed by atoms with Crippen LogP contribution in [0.5, 0.6) is 0 Å². The Morgan fingerprint density at radius 3 is 1.89 bits per heavy atom. The van der Waals surface area contributed by atoms with Crippen LogP contribution in [-0.4, -0.2) is 23.1 Å². The molecule has 0 saturated heterocycles. The average Bonchev–Trinajstić information content (AvgIpc) is 1.77. The smallest absolute Gasteiger partial charge is 0.0843 e. The molecule has 0 atom stereocenters. The lowest BCUT2D eigenvalue weighted by Gasteiger charge is -1.87. The van der Waals surface area contributed by atoms with E-state index in [1.54, 1.807) is 0 Å². The molecule has 1 rings (SSSR count). The molecule has 0 fully saturated rings. The second-order valence-corrected chi connectivity index (χ2v) is 2.06. The Hall–Kier alpha value is 0.276. The van der Waals surface area contributed by atoms with Gasteiger partial charge in [-0.2, -0.15) is 0 Å². The van der Waals surface area contributed by atoms with Crippen LogP contribution in [0.4, 0.5) is 0 Å². The van der Waals surface area contributed by atoms with Gasteiger partial charge in [-0.25, -0.2) is 0 Å². The summed E-state index contributed by atoms with van der Waals surface area (Å²) in [6.07, 6.45) is 0. The van der Waals surface area contributed by atoms with Gasteiger partial charge in [-0.3, -0.25) is 0 Å². The lowest BCUT2D eigenvalue weighted by molar-refractivity contribution is 1.61. The van der Waals surface area contributed by atoms with Gasteiger partial charge in [-0.05, 0) is 24.6 Å². The summed E-state index contributed by atoms with van der Waals surface area (Å²) in [5.41, 5.74) is 0.995. The first kappa shape index (κ1) is 9.28. The molecule has 0 bridgehead atoms. The Morgan fingerprint density at radius 2 is 1.56 bits per heavy atom. The third kappa shape index (κ3) is 3.09. The molecule has 1 radical (unpaired) electrons. The summed E-state index contributed by atoms with van der Waals surface area (Å²) in [7, 11) is 0. The molecule has 1 aromatic carbocycles. The van der Waals surface area contributed by atoms with Gasteiger partial charge >= 0.3 is 23.1 Å². The largest absolute Gasteiger partial charge is 0.316 e. The van der Waals surface area contributed by atoms with Crippen LogP contribution in [0.25, 0.3) is 0 Å². The molecule has 0 heterocycles. The van der Waals surface area contributed by atoms with Crippen molar-refractivity contribution in [1.82, 2.24) is 0 Å². The molecule has 0 aliphatic rings. The topological polar surface area (TPSA) is 0 Å². The molecule has 0 saturated carbocycles. The zero-order valence-corrected chi connectivity index (χ0v) is 5.15. The van der Waals surface area contributed by atoms with Gasteiger partial charge in [-0.15, -0.1) is 0 Å². The van der Waals surface area contributed by atoms with E-state index in [4.69, 9.17) is 11.6 Å². The second kappa shape index (κ2) is 4.15. The van der Waals surface area contributed by atoms with Gasteiger partial charge in [0.2, 0.25) is 0 Å². The van der Waals surface area contributed by atoms with Gasteiger partial charge in [0.05, 0.1) is 0 Å². The van der Waals surface area contributed by atoms with Gasteiger partial charge in [0.15, 0.2) is 0 Å². The molecular formula is C7H8ClMg. The quantitative estimate of drug-likeness (QED) is 0.495. The third-order valence-corrected chi connectivity index (χ3v) is 1.17. The van der Waals surface area contributed by atoms with E-state index >= 15 is 0 Å². The molecule has 0 aliphatic heterocycles. The van der Waals surface area contributed by atoms with Crippen molar-refractivity contribution in [2.45, 2.75) is 0 Å². The predicted octanol–water partition coefficient (Wildman–Crippen LogP) is 1.61. The van der Waals surface area contributed by atoms with Crippen LogP contribution in [0.15, 0.2) is 24.3 Å². The first-order chi connectivity index (χ1) is 3.79. The van der Waals surface area contributed by atoms with E-state index in [1.807, 2.05) is 24.3 Å². The highest BCUT2D eigenvalue weighted by atomic mass is 35.5. The van der Waals surface area contributed by atoms with Crippen molar-refractivity contribution < 1.29 is 0 Å². The number of hydrogen-bond acceptors (Lipinski definition) is 0. The van der Waals surface area contributed by atoms with Crippen LogP contribution >= 0.6 is 11.6 Å². The average molecular weight is 152 g/mol. The van der Waals surface area contributed by atoms with Crippen molar-refractivity contribution in [3.63, 3.8) is 0 Å². The molecule has 2 heteroatoms. The minimum Gasteiger partial charge on any atom is -0.0843 e. The molecule has 1 aromatic rings. The molecule has 0 aliphatic carbocycles. The fourth-order valence-corrected chi connectivity index (χ4v) is 0.610. The number of halogens is 1. The highest BCUT2D eigenvalue weighted by Crippen LogP contribution is 2.07. The molecule has 0 aromatic heterocycles. The van der Waals surface area contributed by atoms with Gasteiger partial charge in [0, 0.05) is 5.02 Å². The van der Waals surface area contributed by atoms with Crippen LogP contribution in [0, 0.1) is 6.92 Å². The van der Waals surface area contributed by atoms with E-state index in [-0.39, 0.29) is 23.1 Å². The van der Waals surface area contributed by atoms with E-state index in [1.165, 1.54) is 0 Å². The maximum absolute atomic E-state index is 5.58. The van der Waals surface area contributed by atoms with Gasteiger partial charge in [0.25, 0.3) is 0 Å². The lowest BCUT2D eigenvalue weighted by atomic mass is 10.2. The third-order valence-electron chi connectivity index (χ3n) is 0.913. The Labute approximate surface area is 76.4 Å². The van der Waals surface area contributed by atoms with Crippen molar-refractivity contribution in [2.24, 2.45) is 0 Å². The zero-order chi connectivity index (χ0) is 5.98. The normalized spacial score (nSPS) is 8.22. The number of rotatable bonds is 0. The molecule has 0 spiro atoms. The van der Waals surface area contributed by atoms with Crippen molar-refractivity contribution in [1.29, 1.82) is 0 Å². The van der Waals surface area contributed by atoms with E-state index < -0.39 is 0 Å². The lowest BCUT2D eigenvalue weighted by Crippen LogP contribution is -1.66. The second-order valence-electron chi connectivity index (χ2n) is 1.63. The zero-order valence-electron chi connectivity index (χ0n) is 4.39. The Bertz CT molecular complexity index is 148. The van der Waals surface area contributed by atoms with Crippen molar-refractivity contribution in [2.75, 3.05) is 0 Å². The SMILES string of the molecule is [CH2]c1ccc(Cl)cc1.[MgH2]. The van der Waals surface area contributed by atoms with Crippen LogP contribution < -0.4 is 0 Å². The summed E-state index contributed by atoms with van der Waals surface area (Å²) in [6.45, 7) is 3.70. The maximum Gasteiger partial charge on any atom is 0.316 e. The molecular weight excluding hydrogens is 144 g/mol. The molecule has 0 unspecified atom stereocenters. The van der Waals surface area contributed by atoms with E-state index in [9.17, 15) is 0 Å². The van der Waals surface area contributed by atoms with E-state index in [0.717, 1.165) is 10.6 Å². The summed E-state index contributed by atoms with van der Waals surface area (Å²) in [4.78, 5) is 0. The fraction of sp³-hybridized carbons (Fsp3) is 0. The van der Waals surface area contributed by atoms with Crippen LogP contribution in [0.1, 0.15) is 5.56 Å². The summed E-state index contributed by atoms with van der Waals surface area (Å²) >= 11 is 5.58. The first-order valence-corrected chi connectivity index (χ1v) is 2.74. The minimum atomic E-state index is 0. The summed E-state index contributed by atoms with van der Waals surface area (Å²) in [5.74, 6) is 0. The van der Waals surface area contributed by atoms with Gasteiger partial charge in [0.1, 0.15) is 0 Å². The van der Waals surface area contributed by atoms with Crippen LogP contribution in [0.3, 0.4) is 0 Å². The van der Waals surface area contributed by atoms with Crippen LogP contribution in [0.2, 0.25) is 5.02 Å². The van der Waals surface area contributed by atoms with Crippen molar-refractivity contribution in [3.8, 4) is 0 Å². The molecule has 0 N–H and O–H groups in total. The van der Waals surface area contributed by atoms with E-state index in [2.05, 4.69) is 6.92 Å². The van der Waals surface area contributed by atoms with Gasteiger partial charge in [-0.1, -0.05) is 23.7 Å². The van der Waals surface area contributed by atoms with Crippen molar-refractivity contribution in [3.05, 3.63) is 41.8 Å². The number of hydrogen-bond donors (Lipinski definition) is 0.